The standard InChI is InChI=1S/C22H27N3O/c1-18-5-4-6-19(15-18)16-25-21(26)8-9-22(25)10-13-24(14-11-22)17-20-7-2-3-12-23-20/h2-7,12,15H,8-11,13-14,16-17H2,1H3. The SMILES string of the molecule is Cc1cccc(CN2C(=O)CCC23CCN(Cc2ccccn2)CC3)c1. The molecule has 2 aliphatic heterocycles. The zero-order valence-electron chi connectivity index (χ0n) is 15.5. The lowest BCUT2D eigenvalue weighted by Gasteiger charge is -2.45. The Morgan fingerprint density at radius 1 is 1.04 bits per heavy atom. The number of rotatable bonds is 4. The van der Waals surface area contributed by atoms with Gasteiger partial charge in [0.1, 0.15) is 0 Å². The van der Waals surface area contributed by atoms with Crippen molar-refractivity contribution in [3.8, 4) is 0 Å². The van der Waals surface area contributed by atoms with E-state index in [0.717, 1.165) is 51.1 Å². The Labute approximate surface area is 155 Å². The lowest BCUT2D eigenvalue weighted by atomic mass is 9.84. The number of carbonyl (C=O) groups is 1. The van der Waals surface area contributed by atoms with E-state index >= 15 is 0 Å². The van der Waals surface area contributed by atoms with Gasteiger partial charge in [-0.1, -0.05) is 35.9 Å². The van der Waals surface area contributed by atoms with Crippen molar-refractivity contribution in [2.24, 2.45) is 0 Å². The summed E-state index contributed by atoms with van der Waals surface area (Å²) >= 11 is 0. The maximum absolute atomic E-state index is 12.6. The van der Waals surface area contributed by atoms with E-state index in [0.29, 0.717) is 12.3 Å². The molecule has 2 aliphatic rings. The molecule has 4 nitrogen and oxygen atoms in total. The minimum Gasteiger partial charge on any atom is -0.333 e. The zero-order valence-corrected chi connectivity index (χ0v) is 15.5. The maximum Gasteiger partial charge on any atom is 0.223 e. The molecule has 0 N–H and O–H groups in total. The quantitative estimate of drug-likeness (QED) is 0.847. The highest BCUT2D eigenvalue weighted by molar-refractivity contribution is 5.79. The first-order valence-electron chi connectivity index (χ1n) is 9.63. The van der Waals surface area contributed by atoms with Gasteiger partial charge in [0.15, 0.2) is 0 Å². The van der Waals surface area contributed by atoms with Crippen LogP contribution in [-0.4, -0.2) is 39.3 Å². The third-order valence-corrected chi connectivity index (χ3v) is 6.00. The van der Waals surface area contributed by atoms with Crippen molar-refractivity contribution in [2.75, 3.05) is 13.1 Å². The second-order valence-corrected chi connectivity index (χ2v) is 7.79. The van der Waals surface area contributed by atoms with Gasteiger partial charge in [0.05, 0.1) is 5.69 Å². The van der Waals surface area contributed by atoms with Crippen molar-refractivity contribution in [3.63, 3.8) is 0 Å². The van der Waals surface area contributed by atoms with Gasteiger partial charge in [-0.2, -0.15) is 0 Å². The second-order valence-electron chi connectivity index (χ2n) is 7.79. The van der Waals surface area contributed by atoms with E-state index in [9.17, 15) is 4.79 Å². The molecule has 0 bridgehead atoms. The van der Waals surface area contributed by atoms with Crippen LogP contribution in [0.15, 0.2) is 48.7 Å². The van der Waals surface area contributed by atoms with E-state index in [-0.39, 0.29) is 5.54 Å². The molecule has 0 atom stereocenters. The second kappa shape index (κ2) is 7.20. The van der Waals surface area contributed by atoms with Gasteiger partial charge in [0.25, 0.3) is 0 Å². The molecular formula is C22H27N3O. The van der Waals surface area contributed by atoms with Gasteiger partial charge in [-0.15, -0.1) is 0 Å². The highest BCUT2D eigenvalue weighted by Gasteiger charge is 2.46. The highest BCUT2D eigenvalue weighted by Crippen LogP contribution is 2.40. The summed E-state index contributed by atoms with van der Waals surface area (Å²) in [4.78, 5) is 21.7. The Hall–Kier alpha value is -2.20. The molecule has 4 heteroatoms. The van der Waals surface area contributed by atoms with E-state index in [1.165, 1.54) is 11.1 Å². The van der Waals surface area contributed by atoms with Crippen molar-refractivity contribution in [3.05, 3.63) is 65.5 Å². The summed E-state index contributed by atoms with van der Waals surface area (Å²) < 4.78 is 0. The molecule has 1 aromatic carbocycles. The predicted molar refractivity (Wildman–Crippen MR) is 102 cm³/mol. The van der Waals surface area contributed by atoms with Crippen LogP contribution in [0.4, 0.5) is 0 Å². The van der Waals surface area contributed by atoms with Crippen LogP contribution in [0, 0.1) is 6.92 Å². The molecule has 1 amide bonds. The van der Waals surface area contributed by atoms with Gasteiger partial charge in [-0.25, -0.2) is 0 Å². The maximum atomic E-state index is 12.6. The van der Waals surface area contributed by atoms with E-state index < -0.39 is 0 Å². The van der Waals surface area contributed by atoms with Crippen molar-refractivity contribution < 1.29 is 4.79 Å². The summed E-state index contributed by atoms with van der Waals surface area (Å²) in [6, 6.07) is 14.6. The lowest BCUT2D eigenvalue weighted by molar-refractivity contribution is -0.133. The Bertz CT molecular complexity index is 766. The lowest BCUT2D eigenvalue weighted by Crippen LogP contribution is -2.52. The number of aromatic nitrogens is 1. The minimum absolute atomic E-state index is 0.0570. The van der Waals surface area contributed by atoms with Crippen LogP contribution in [0.1, 0.15) is 42.5 Å². The molecule has 3 heterocycles. The van der Waals surface area contributed by atoms with E-state index in [4.69, 9.17) is 0 Å². The Balaban J connectivity index is 1.43. The normalized spacial score (nSPS) is 20.0. The summed E-state index contributed by atoms with van der Waals surface area (Å²) in [5.41, 5.74) is 3.69. The number of piperidine rings is 1. The molecular weight excluding hydrogens is 322 g/mol. The fourth-order valence-electron chi connectivity index (χ4n) is 4.49. The summed E-state index contributed by atoms with van der Waals surface area (Å²) in [5.74, 6) is 0.324. The number of hydrogen-bond donors (Lipinski definition) is 0. The van der Waals surface area contributed by atoms with Crippen LogP contribution in [0.5, 0.6) is 0 Å². The fourth-order valence-corrected chi connectivity index (χ4v) is 4.49. The summed E-state index contributed by atoms with van der Waals surface area (Å²) in [7, 11) is 0. The van der Waals surface area contributed by atoms with Gasteiger partial charge in [0, 0.05) is 44.3 Å². The number of likely N-dealkylation sites (tertiary alicyclic amines) is 2. The number of carbonyl (C=O) groups excluding carboxylic acids is 1. The van der Waals surface area contributed by atoms with Crippen LogP contribution in [0.2, 0.25) is 0 Å². The van der Waals surface area contributed by atoms with Crippen molar-refractivity contribution in [2.45, 2.75) is 51.2 Å². The Morgan fingerprint density at radius 3 is 2.62 bits per heavy atom. The molecule has 0 radical (unpaired) electrons. The van der Waals surface area contributed by atoms with Gasteiger partial charge < -0.3 is 4.90 Å². The monoisotopic (exact) mass is 349 g/mol. The van der Waals surface area contributed by atoms with Crippen LogP contribution in [0.3, 0.4) is 0 Å². The molecule has 1 aromatic heterocycles. The number of pyridine rings is 1. The number of benzene rings is 1. The van der Waals surface area contributed by atoms with Crippen molar-refractivity contribution >= 4 is 5.91 Å². The molecule has 0 unspecified atom stereocenters. The number of nitrogens with zero attached hydrogens (tertiary/aromatic N) is 3. The van der Waals surface area contributed by atoms with Crippen molar-refractivity contribution in [1.29, 1.82) is 0 Å². The van der Waals surface area contributed by atoms with Gasteiger partial charge in [0.2, 0.25) is 5.91 Å². The zero-order chi connectivity index (χ0) is 18.0. The highest BCUT2D eigenvalue weighted by atomic mass is 16.2. The van der Waals surface area contributed by atoms with Gasteiger partial charge in [-0.05, 0) is 43.9 Å². The van der Waals surface area contributed by atoms with Crippen molar-refractivity contribution in [1.82, 2.24) is 14.8 Å². The summed E-state index contributed by atoms with van der Waals surface area (Å²) in [6.45, 7) is 5.84. The van der Waals surface area contributed by atoms with E-state index in [2.05, 4.69) is 52.0 Å². The van der Waals surface area contributed by atoms with Crippen LogP contribution in [0.25, 0.3) is 0 Å². The molecule has 0 aliphatic carbocycles. The number of amides is 1. The average Bonchev–Trinajstić information content (AvgIpc) is 2.94. The third-order valence-electron chi connectivity index (χ3n) is 6.00. The number of hydrogen-bond acceptors (Lipinski definition) is 3. The first kappa shape index (κ1) is 17.2. The first-order chi connectivity index (χ1) is 12.6. The smallest absolute Gasteiger partial charge is 0.223 e. The predicted octanol–water partition coefficient (Wildman–Crippen LogP) is 3.55. The summed E-state index contributed by atoms with van der Waals surface area (Å²) in [5, 5.41) is 0. The molecule has 0 saturated carbocycles. The van der Waals surface area contributed by atoms with Crippen LogP contribution < -0.4 is 0 Å². The molecule has 2 fully saturated rings. The molecule has 136 valence electrons. The van der Waals surface area contributed by atoms with E-state index in [1.807, 2.05) is 18.3 Å². The summed E-state index contributed by atoms with van der Waals surface area (Å²) in [6.07, 6.45) is 5.70. The number of aryl methyl sites for hydroxylation is 1. The van der Waals surface area contributed by atoms with Gasteiger partial charge >= 0.3 is 0 Å². The van der Waals surface area contributed by atoms with Crippen LogP contribution >= 0.6 is 0 Å². The Morgan fingerprint density at radius 2 is 1.88 bits per heavy atom. The largest absolute Gasteiger partial charge is 0.333 e. The molecule has 2 aromatic rings. The molecule has 4 rings (SSSR count). The topological polar surface area (TPSA) is 36.4 Å². The minimum atomic E-state index is 0.0570. The van der Waals surface area contributed by atoms with E-state index in [1.54, 1.807) is 0 Å². The molecule has 1 spiro atoms. The third kappa shape index (κ3) is 3.51. The Kier molecular flexibility index (Phi) is 4.77. The fraction of sp³-hybridized carbons (Fsp3) is 0.455. The van der Waals surface area contributed by atoms with Crippen LogP contribution in [-0.2, 0) is 17.9 Å². The first-order valence-corrected chi connectivity index (χ1v) is 9.63. The van der Waals surface area contributed by atoms with Gasteiger partial charge in [-0.3, -0.25) is 14.7 Å². The molecule has 26 heavy (non-hydrogen) atoms. The average molecular weight is 349 g/mol. The molecule has 2 saturated heterocycles.